The number of nitrogens with zero attached hydrogens (tertiary/aromatic N) is 4. The molecule has 3 N–H and O–H groups in total. The molecule has 2 aliphatic rings. The van der Waals surface area contributed by atoms with Gasteiger partial charge in [0.25, 0.3) is 5.91 Å². The topological polar surface area (TPSA) is 123 Å². The minimum absolute atomic E-state index is 0.0419. The number of fused-ring (bicyclic) bond motifs is 1. The van der Waals surface area contributed by atoms with Crippen LogP contribution in [0.2, 0.25) is 0 Å². The predicted molar refractivity (Wildman–Crippen MR) is 141 cm³/mol. The second-order valence-corrected chi connectivity index (χ2v) is 9.40. The number of morpholine rings is 1. The molecule has 0 radical (unpaired) electrons. The van der Waals surface area contributed by atoms with E-state index in [1.165, 1.54) is 0 Å². The van der Waals surface area contributed by atoms with Crippen molar-refractivity contribution in [3.8, 4) is 5.75 Å². The van der Waals surface area contributed by atoms with Crippen LogP contribution in [0, 0.1) is 5.82 Å². The normalized spacial score (nSPS) is 18.3. The van der Waals surface area contributed by atoms with Crippen molar-refractivity contribution >= 4 is 40.7 Å². The number of aromatic nitrogens is 3. The van der Waals surface area contributed by atoms with Gasteiger partial charge in [0.1, 0.15) is 5.82 Å². The Morgan fingerprint density at radius 2 is 2.00 bits per heavy atom. The third-order valence-electron chi connectivity index (χ3n) is 6.13. The third-order valence-corrected chi connectivity index (χ3v) is 6.13. The number of carbonyl (C=O) groups excluding carboxylic acids is 1. The summed E-state index contributed by atoms with van der Waals surface area (Å²) in [4.78, 5) is 27.1. The van der Waals surface area contributed by atoms with Crippen LogP contribution in [0.15, 0.2) is 42.6 Å². The van der Waals surface area contributed by atoms with Crippen LogP contribution < -0.4 is 25.6 Å². The maximum absolute atomic E-state index is 14.5. The first-order valence-corrected chi connectivity index (χ1v) is 12.4. The van der Waals surface area contributed by atoms with Crippen LogP contribution in [0.5, 0.6) is 5.75 Å². The van der Waals surface area contributed by atoms with Gasteiger partial charge in [0.15, 0.2) is 28.8 Å². The molecular weight excluding hydrogens is 493 g/mol. The van der Waals surface area contributed by atoms with Crippen molar-refractivity contribution in [1.29, 1.82) is 0 Å². The standard InChI is InChI=1S/C26H30FN7O4/c1-4-36-15-18-14-34(11-12-37-18)17-7-5-16(6-8-17)29-25-28-13-19(27)22(33-25)30-21-10-9-20-23(31-21)32-24(35)26(2,3)38-20/h5-10,13,18H,4,11-12,14-15H2,1-3H3,(H3,28,29,30,31,32,33,35). The van der Waals surface area contributed by atoms with E-state index in [4.69, 9.17) is 14.2 Å². The number of ether oxygens (including phenoxy) is 3. The number of nitrogens with one attached hydrogen (secondary N) is 3. The summed E-state index contributed by atoms with van der Waals surface area (Å²) in [5.41, 5.74) is 0.815. The van der Waals surface area contributed by atoms with E-state index in [0.29, 0.717) is 25.6 Å². The van der Waals surface area contributed by atoms with Gasteiger partial charge in [-0.15, -0.1) is 0 Å². The van der Waals surface area contributed by atoms with E-state index in [2.05, 4.69) is 35.8 Å². The number of rotatable bonds is 8. The van der Waals surface area contributed by atoms with Crippen molar-refractivity contribution in [3.05, 3.63) is 48.4 Å². The van der Waals surface area contributed by atoms with Crippen LogP contribution in [-0.4, -0.2) is 65.5 Å². The average Bonchev–Trinajstić information content (AvgIpc) is 2.91. The van der Waals surface area contributed by atoms with E-state index < -0.39 is 11.4 Å². The fourth-order valence-electron chi connectivity index (χ4n) is 4.09. The Hall–Kier alpha value is -4.03. The molecule has 38 heavy (non-hydrogen) atoms. The first-order chi connectivity index (χ1) is 18.3. The Bertz CT molecular complexity index is 1310. The van der Waals surface area contributed by atoms with Crippen molar-refractivity contribution in [3.63, 3.8) is 0 Å². The van der Waals surface area contributed by atoms with Crippen molar-refractivity contribution in [2.45, 2.75) is 32.5 Å². The molecular formula is C26H30FN7O4. The molecule has 0 spiro atoms. The van der Waals surface area contributed by atoms with Crippen molar-refractivity contribution < 1.29 is 23.4 Å². The zero-order chi connectivity index (χ0) is 26.7. The largest absolute Gasteiger partial charge is 0.474 e. The van der Waals surface area contributed by atoms with Crippen LogP contribution in [0.25, 0.3) is 0 Å². The van der Waals surface area contributed by atoms with E-state index in [1.54, 1.807) is 26.0 Å². The fraction of sp³-hybridized carbons (Fsp3) is 0.385. The molecule has 3 aromatic rings. The van der Waals surface area contributed by atoms with Gasteiger partial charge < -0.3 is 35.1 Å². The van der Waals surface area contributed by atoms with Gasteiger partial charge in [-0.3, -0.25) is 4.79 Å². The Kier molecular flexibility index (Phi) is 7.25. The lowest BCUT2D eigenvalue weighted by Gasteiger charge is -2.34. The van der Waals surface area contributed by atoms with Crippen molar-refractivity contribution in [2.24, 2.45) is 0 Å². The van der Waals surface area contributed by atoms with Crippen molar-refractivity contribution in [2.75, 3.05) is 53.8 Å². The first kappa shape index (κ1) is 25.6. The highest BCUT2D eigenvalue weighted by atomic mass is 19.1. The molecule has 11 nitrogen and oxygen atoms in total. The maximum atomic E-state index is 14.5. The minimum atomic E-state index is -1.00. The van der Waals surface area contributed by atoms with Crippen LogP contribution >= 0.6 is 0 Å². The van der Waals surface area contributed by atoms with Gasteiger partial charge in [0.2, 0.25) is 5.95 Å². The number of anilines is 6. The molecule has 1 amide bonds. The molecule has 2 aromatic heterocycles. The number of carbonyl (C=O) groups is 1. The van der Waals surface area contributed by atoms with E-state index in [1.807, 2.05) is 31.2 Å². The molecule has 12 heteroatoms. The Labute approximate surface area is 219 Å². The zero-order valence-corrected chi connectivity index (χ0v) is 21.5. The SMILES string of the molecule is CCOCC1CN(c2ccc(Nc3ncc(F)c(Nc4ccc5c(n4)NC(=O)C(C)(C)O5)n3)cc2)CCO1. The van der Waals surface area contributed by atoms with Crippen LogP contribution in [0.3, 0.4) is 0 Å². The lowest BCUT2D eigenvalue weighted by Crippen LogP contribution is -2.46. The summed E-state index contributed by atoms with van der Waals surface area (Å²) in [7, 11) is 0. The molecule has 1 aromatic carbocycles. The van der Waals surface area contributed by atoms with E-state index in [9.17, 15) is 9.18 Å². The fourth-order valence-corrected chi connectivity index (χ4v) is 4.09. The Morgan fingerprint density at radius 1 is 1.18 bits per heavy atom. The number of benzene rings is 1. The Morgan fingerprint density at radius 3 is 2.79 bits per heavy atom. The molecule has 1 fully saturated rings. The van der Waals surface area contributed by atoms with Crippen LogP contribution in [0.4, 0.5) is 39.2 Å². The smallest absolute Gasteiger partial charge is 0.269 e. The molecule has 4 heterocycles. The van der Waals surface area contributed by atoms with E-state index in [-0.39, 0.29) is 35.4 Å². The summed E-state index contributed by atoms with van der Waals surface area (Å²) >= 11 is 0. The van der Waals surface area contributed by atoms with Crippen molar-refractivity contribution in [1.82, 2.24) is 15.0 Å². The molecule has 5 rings (SSSR count). The number of hydrogen-bond donors (Lipinski definition) is 3. The third kappa shape index (κ3) is 5.76. The number of amides is 1. The molecule has 1 saturated heterocycles. The first-order valence-electron chi connectivity index (χ1n) is 12.4. The highest BCUT2D eigenvalue weighted by Crippen LogP contribution is 2.33. The highest BCUT2D eigenvalue weighted by molar-refractivity contribution is 5.99. The second kappa shape index (κ2) is 10.8. The quantitative estimate of drug-likeness (QED) is 0.401. The summed E-state index contributed by atoms with van der Waals surface area (Å²) in [6.45, 7) is 8.74. The summed E-state index contributed by atoms with van der Waals surface area (Å²) < 4.78 is 31.5. The number of pyridine rings is 1. The molecule has 0 aliphatic carbocycles. The molecule has 1 atom stereocenters. The van der Waals surface area contributed by atoms with Gasteiger partial charge in [-0.1, -0.05) is 0 Å². The van der Waals surface area contributed by atoms with Gasteiger partial charge in [0, 0.05) is 31.1 Å². The van der Waals surface area contributed by atoms with Gasteiger partial charge in [-0.2, -0.15) is 4.98 Å². The molecule has 0 bridgehead atoms. The number of halogens is 1. The molecule has 2 aliphatic heterocycles. The number of hydrogen-bond acceptors (Lipinski definition) is 10. The Balaban J connectivity index is 1.25. The maximum Gasteiger partial charge on any atom is 0.269 e. The lowest BCUT2D eigenvalue weighted by molar-refractivity contribution is -0.129. The van der Waals surface area contributed by atoms with Crippen LogP contribution in [-0.2, 0) is 14.3 Å². The van der Waals surface area contributed by atoms with Crippen LogP contribution in [0.1, 0.15) is 20.8 Å². The lowest BCUT2D eigenvalue weighted by atomic mass is 10.1. The summed E-state index contributed by atoms with van der Waals surface area (Å²) in [6.07, 6.45) is 1.12. The van der Waals surface area contributed by atoms with Gasteiger partial charge in [0.05, 0.1) is 25.5 Å². The van der Waals surface area contributed by atoms with Gasteiger partial charge >= 0.3 is 0 Å². The molecule has 1 unspecified atom stereocenters. The van der Waals surface area contributed by atoms with Gasteiger partial charge in [-0.05, 0) is 57.2 Å². The average molecular weight is 524 g/mol. The summed E-state index contributed by atoms with van der Waals surface area (Å²) in [5.74, 6) is 0.131. The summed E-state index contributed by atoms with van der Waals surface area (Å²) in [5, 5.41) is 8.65. The molecule has 200 valence electrons. The predicted octanol–water partition coefficient (Wildman–Crippen LogP) is 3.85. The monoisotopic (exact) mass is 523 g/mol. The second-order valence-electron chi connectivity index (χ2n) is 9.40. The van der Waals surface area contributed by atoms with Gasteiger partial charge in [-0.25, -0.2) is 14.4 Å². The minimum Gasteiger partial charge on any atom is -0.474 e. The highest BCUT2D eigenvalue weighted by Gasteiger charge is 2.36. The zero-order valence-electron chi connectivity index (χ0n) is 21.5. The summed E-state index contributed by atoms with van der Waals surface area (Å²) in [6, 6.07) is 11.1. The van der Waals surface area contributed by atoms with E-state index in [0.717, 1.165) is 30.7 Å². The molecule has 0 saturated carbocycles. The van der Waals surface area contributed by atoms with E-state index >= 15 is 0 Å².